The highest BCUT2D eigenvalue weighted by molar-refractivity contribution is 5.94. The Labute approximate surface area is 208 Å². The minimum atomic E-state index is -0.171. The topological polar surface area (TPSA) is 103 Å². The molecule has 0 atom stereocenters. The molecule has 0 aliphatic heterocycles. The second kappa shape index (κ2) is 10.2. The number of nitrogen functional groups attached to an aromatic ring is 1. The van der Waals surface area contributed by atoms with Gasteiger partial charge in [0.05, 0.1) is 17.7 Å². The molecule has 3 N–H and O–H groups in total. The first kappa shape index (κ1) is 23.0. The van der Waals surface area contributed by atoms with E-state index < -0.39 is 0 Å². The molecule has 0 unspecified atom stereocenters. The summed E-state index contributed by atoms with van der Waals surface area (Å²) in [4.78, 5) is 33.6. The number of rotatable bonds is 7. The van der Waals surface area contributed by atoms with Crippen molar-refractivity contribution < 1.29 is 4.79 Å². The third kappa shape index (κ3) is 5.31. The van der Waals surface area contributed by atoms with Crippen LogP contribution in [0, 0.1) is 0 Å². The highest BCUT2D eigenvalue weighted by Crippen LogP contribution is 2.19. The van der Waals surface area contributed by atoms with Gasteiger partial charge in [0.25, 0.3) is 11.5 Å². The lowest BCUT2D eigenvalue weighted by molar-refractivity contribution is 0.0950. The maximum atomic E-state index is 12.8. The fourth-order valence-electron chi connectivity index (χ4n) is 4.09. The van der Waals surface area contributed by atoms with E-state index in [1.807, 2.05) is 60.7 Å². The van der Waals surface area contributed by atoms with Crippen LogP contribution in [0.15, 0.2) is 102 Å². The van der Waals surface area contributed by atoms with Crippen LogP contribution >= 0.6 is 0 Å². The van der Waals surface area contributed by atoms with E-state index in [-0.39, 0.29) is 11.5 Å². The lowest BCUT2D eigenvalue weighted by Crippen LogP contribution is -2.23. The van der Waals surface area contributed by atoms with Crippen LogP contribution in [-0.2, 0) is 19.5 Å². The fraction of sp³-hybridized carbons (Fsp3) is 0.103. The quantitative estimate of drug-likeness (QED) is 0.347. The zero-order chi connectivity index (χ0) is 24.9. The summed E-state index contributed by atoms with van der Waals surface area (Å²) in [5.74, 6) is -0.171. The van der Waals surface area contributed by atoms with Gasteiger partial charge in [-0.25, -0.2) is 0 Å². The molecule has 0 spiro atoms. The second-order valence-corrected chi connectivity index (χ2v) is 8.64. The minimum absolute atomic E-state index is 0.0255. The SMILES string of the molecule is Nc1cccc2cc(CNC(=O)c3ccnc(Cc4ccc(Cn5ccccc5=O)cc4)c3)cnc12. The van der Waals surface area contributed by atoms with Gasteiger partial charge in [-0.05, 0) is 47.0 Å². The fourth-order valence-corrected chi connectivity index (χ4v) is 4.09. The van der Waals surface area contributed by atoms with Gasteiger partial charge < -0.3 is 15.6 Å². The van der Waals surface area contributed by atoms with E-state index in [4.69, 9.17) is 5.73 Å². The molecule has 0 fully saturated rings. The maximum Gasteiger partial charge on any atom is 0.251 e. The predicted octanol–water partition coefficient (Wildman–Crippen LogP) is 3.94. The molecule has 0 radical (unpaired) electrons. The molecule has 36 heavy (non-hydrogen) atoms. The van der Waals surface area contributed by atoms with E-state index in [1.54, 1.807) is 41.4 Å². The Balaban J connectivity index is 1.22. The molecule has 3 aromatic heterocycles. The van der Waals surface area contributed by atoms with Gasteiger partial charge in [-0.2, -0.15) is 0 Å². The number of pyridine rings is 3. The van der Waals surface area contributed by atoms with Crippen LogP contribution in [0.2, 0.25) is 0 Å². The second-order valence-electron chi connectivity index (χ2n) is 8.64. The Morgan fingerprint density at radius 3 is 2.56 bits per heavy atom. The lowest BCUT2D eigenvalue weighted by Gasteiger charge is -2.09. The number of nitrogens with one attached hydrogen (secondary N) is 1. The summed E-state index contributed by atoms with van der Waals surface area (Å²) in [5, 5.41) is 3.89. The van der Waals surface area contributed by atoms with Gasteiger partial charge in [0.15, 0.2) is 0 Å². The molecule has 5 aromatic rings. The van der Waals surface area contributed by atoms with Gasteiger partial charge in [0.1, 0.15) is 0 Å². The van der Waals surface area contributed by atoms with Gasteiger partial charge in [-0.3, -0.25) is 19.6 Å². The van der Waals surface area contributed by atoms with Crippen molar-refractivity contribution in [2.75, 3.05) is 5.73 Å². The van der Waals surface area contributed by atoms with Crippen LogP contribution in [0.25, 0.3) is 10.9 Å². The lowest BCUT2D eigenvalue weighted by atomic mass is 10.1. The third-order valence-electron chi connectivity index (χ3n) is 5.99. The largest absolute Gasteiger partial charge is 0.397 e. The van der Waals surface area contributed by atoms with Crippen molar-refractivity contribution in [1.82, 2.24) is 19.9 Å². The average molecular weight is 476 g/mol. The highest BCUT2D eigenvalue weighted by Gasteiger charge is 2.09. The Bertz CT molecular complexity index is 1590. The van der Waals surface area contributed by atoms with Gasteiger partial charge in [0, 0.05) is 54.3 Å². The van der Waals surface area contributed by atoms with Crippen LogP contribution in [0.4, 0.5) is 5.69 Å². The predicted molar refractivity (Wildman–Crippen MR) is 141 cm³/mol. The molecule has 2 aromatic carbocycles. The van der Waals surface area contributed by atoms with Gasteiger partial charge in [0.2, 0.25) is 0 Å². The standard InChI is InChI=1S/C29H25N5O2/c30-26-5-3-4-23-14-22(17-32-28(23)26)18-33-29(36)24-11-12-31-25(16-24)15-20-7-9-21(10-8-20)19-34-13-2-1-6-27(34)35/h1-14,16-17H,15,18-19,30H2,(H,33,36). The monoisotopic (exact) mass is 475 g/mol. The summed E-state index contributed by atoms with van der Waals surface area (Å²) in [6.45, 7) is 0.883. The summed E-state index contributed by atoms with van der Waals surface area (Å²) in [6, 6.07) is 24.4. The zero-order valence-electron chi connectivity index (χ0n) is 19.6. The van der Waals surface area contributed by atoms with Crippen molar-refractivity contribution in [2.24, 2.45) is 0 Å². The normalized spacial score (nSPS) is 10.9. The van der Waals surface area contributed by atoms with Crippen molar-refractivity contribution >= 4 is 22.5 Å². The molecular weight excluding hydrogens is 450 g/mol. The number of anilines is 1. The van der Waals surface area contributed by atoms with Gasteiger partial charge >= 0.3 is 0 Å². The Kier molecular flexibility index (Phi) is 6.53. The number of hydrogen-bond donors (Lipinski definition) is 2. The van der Waals surface area contributed by atoms with E-state index in [1.165, 1.54) is 0 Å². The number of carbonyl (C=O) groups excluding carboxylic acids is 1. The molecular formula is C29H25N5O2. The summed E-state index contributed by atoms with van der Waals surface area (Å²) < 4.78 is 1.67. The smallest absolute Gasteiger partial charge is 0.251 e. The van der Waals surface area contributed by atoms with Gasteiger partial charge in [-0.1, -0.05) is 42.5 Å². The van der Waals surface area contributed by atoms with Crippen molar-refractivity contribution in [1.29, 1.82) is 0 Å². The summed E-state index contributed by atoms with van der Waals surface area (Å²) >= 11 is 0. The molecule has 7 nitrogen and oxygen atoms in total. The number of fused-ring (bicyclic) bond motifs is 1. The van der Waals surface area contributed by atoms with E-state index in [0.717, 1.165) is 33.3 Å². The van der Waals surface area contributed by atoms with Crippen LogP contribution in [0.3, 0.4) is 0 Å². The van der Waals surface area contributed by atoms with Crippen molar-refractivity contribution in [2.45, 2.75) is 19.5 Å². The first-order valence-corrected chi connectivity index (χ1v) is 11.6. The first-order chi connectivity index (χ1) is 17.5. The van der Waals surface area contributed by atoms with Crippen molar-refractivity contribution in [3.05, 3.63) is 136 Å². The summed E-state index contributed by atoms with van der Waals surface area (Å²) in [5.41, 5.74) is 11.7. The first-order valence-electron chi connectivity index (χ1n) is 11.6. The van der Waals surface area contributed by atoms with Crippen LogP contribution in [0.1, 0.15) is 32.7 Å². The van der Waals surface area contributed by atoms with E-state index >= 15 is 0 Å². The number of aromatic nitrogens is 3. The molecule has 0 bridgehead atoms. The number of carbonyl (C=O) groups is 1. The number of nitrogens with two attached hydrogens (primary N) is 1. The Hall–Kier alpha value is -4.78. The molecule has 178 valence electrons. The molecule has 0 saturated carbocycles. The summed E-state index contributed by atoms with van der Waals surface area (Å²) in [7, 11) is 0. The van der Waals surface area contributed by atoms with Crippen molar-refractivity contribution in [3.63, 3.8) is 0 Å². The molecule has 1 amide bonds. The number of para-hydroxylation sites is 1. The van der Waals surface area contributed by atoms with Crippen LogP contribution in [-0.4, -0.2) is 20.4 Å². The number of benzene rings is 2. The molecule has 0 aliphatic carbocycles. The molecule has 3 heterocycles. The van der Waals surface area contributed by atoms with E-state index in [2.05, 4.69) is 15.3 Å². The molecule has 0 aliphatic rings. The third-order valence-corrected chi connectivity index (χ3v) is 5.99. The van der Waals surface area contributed by atoms with Crippen LogP contribution < -0.4 is 16.6 Å². The zero-order valence-corrected chi connectivity index (χ0v) is 19.6. The summed E-state index contributed by atoms with van der Waals surface area (Å²) in [6.07, 6.45) is 5.77. The Morgan fingerprint density at radius 1 is 0.889 bits per heavy atom. The van der Waals surface area contributed by atoms with Crippen molar-refractivity contribution in [3.8, 4) is 0 Å². The number of amides is 1. The number of hydrogen-bond acceptors (Lipinski definition) is 5. The maximum absolute atomic E-state index is 12.8. The van der Waals surface area contributed by atoms with E-state index in [9.17, 15) is 9.59 Å². The Morgan fingerprint density at radius 2 is 1.72 bits per heavy atom. The average Bonchev–Trinajstić information content (AvgIpc) is 2.90. The molecule has 5 rings (SSSR count). The van der Waals surface area contributed by atoms with E-state index in [0.29, 0.717) is 30.8 Å². The minimum Gasteiger partial charge on any atom is -0.397 e. The van der Waals surface area contributed by atoms with Crippen LogP contribution in [0.5, 0.6) is 0 Å². The number of nitrogens with zero attached hydrogens (tertiary/aromatic N) is 3. The molecule has 7 heteroatoms. The van der Waals surface area contributed by atoms with Gasteiger partial charge in [-0.15, -0.1) is 0 Å². The molecule has 0 saturated heterocycles. The highest BCUT2D eigenvalue weighted by atomic mass is 16.1.